The van der Waals surface area contributed by atoms with Gasteiger partial charge < -0.3 is 0 Å². The lowest BCUT2D eigenvalue weighted by Gasteiger charge is -2.36. The van der Waals surface area contributed by atoms with Crippen LogP contribution in [-0.4, -0.2) is 5.78 Å². The Morgan fingerprint density at radius 2 is 1.48 bits per heavy atom. The van der Waals surface area contributed by atoms with Gasteiger partial charge in [-0.05, 0) is 67.5 Å². The van der Waals surface area contributed by atoms with Crippen LogP contribution >= 0.6 is 34.0 Å². The third-order valence-corrected chi connectivity index (χ3v) is 7.76. The van der Waals surface area contributed by atoms with Crippen molar-refractivity contribution in [2.45, 2.75) is 39.5 Å². The van der Waals surface area contributed by atoms with Crippen molar-refractivity contribution in [2.24, 2.45) is 0 Å². The Kier molecular flexibility index (Phi) is 3.42. The molecule has 0 N–H and O–H groups in total. The number of hydrogen-bond acceptors (Lipinski definition) is 4. The van der Waals surface area contributed by atoms with Crippen molar-refractivity contribution < 1.29 is 4.79 Å². The SMILES string of the molecule is CCC1(c2csc(C)c2)c2cc(C)sc2C(=O)c2sc(C)cc21. The van der Waals surface area contributed by atoms with Crippen LogP contribution in [0.3, 0.4) is 0 Å². The molecule has 0 saturated carbocycles. The summed E-state index contributed by atoms with van der Waals surface area (Å²) in [6, 6.07) is 6.78. The first-order valence-corrected chi connectivity index (χ1v) is 10.3. The number of ketones is 1. The summed E-state index contributed by atoms with van der Waals surface area (Å²) in [4.78, 5) is 18.7. The van der Waals surface area contributed by atoms with Gasteiger partial charge in [0.2, 0.25) is 5.78 Å². The van der Waals surface area contributed by atoms with Crippen LogP contribution in [-0.2, 0) is 5.41 Å². The zero-order valence-electron chi connectivity index (χ0n) is 13.6. The number of fused-ring (bicyclic) bond motifs is 2. The van der Waals surface area contributed by atoms with Gasteiger partial charge in [0.15, 0.2) is 0 Å². The molecular formula is C19H18OS3. The molecule has 4 heteroatoms. The van der Waals surface area contributed by atoms with E-state index in [0.717, 1.165) is 16.2 Å². The van der Waals surface area contributed by atoms with Crippen molar-refractivity contribution >= 4 is 39.8 Å². The van der Waals surface area contributed by atoms with Crippen molar-refractivity contribution in [1.82, 2.24) is 0 Å². The van der Waals surface area contributed by atoms with E-state index in [1.807, 2.05) is 0 Å². The number of carbonyl (C=O) groups excluding carboxylic acids is 1. The van der Waals surface area contributed by atoms with Crippen LogP contribution in [0.2, 0.25) is 0 Å². The lowest BCUT2D eigenvalue weighted by molar-refractivity contribution is 0.103. The molecule has 23 heavy (non-hydrogen) atoms. The van der Waals surface area contributed by atoms with Crippen LogP contribution in [0.25, 0.3) is 0 Å². The van der Waals surface area contributed by atoms with Gasteiger partial charge >= 0.3 is 0 Å². The van der Waals surface area contributed by atoms with Gasteiger partial charge in [-0.1, -0.05) is 6.92 Å². The van der Waals surface area contributed by atoms with Crippen LogP contribution in [0.1, 0.15) is 59.2 Å². The number of hydrogen-bond donors (Lipinski definition) is 0. The van der Waals surface area contributed by atoms with Gasteiger partial charge in [-0.2, -0.15) is 0 Å². The van der Waals surface area contributed by atoms with Crippen molar-refractivity contribution in [3.8, 4) is 0 Å². The van der Waals surface area contributed by atoms with Crippen LogP contribution in [0.5, 0.6) is 0 Å². The van der Waals surface area contributed by atoms with E-state index < -0.39 is 0 Å². The molecule has 1 aliphatic carbocycles. The molecule has 1 nitrogen and oxygen atoms in total. The molecular weight excluding hydrogens is 340 g/mol. The molecule has 0 amide bonds. The minimum absolute atomic E-state index is 0.168. The Labute approximate surface area is 148 Å². The summed E-state index contributed by atoms with van der Waals surface area (Å²) in [6.07, 6.45) is 0.975. The molecule has 0 saturated heterocycles. The quantitative estimate of drug-likeness (QED) is 0.542. The summed E-state index contributed by atoms with van der Waals surface area (Å²) in [5.41, 5.74) is 3.61. The standard InChI is InChI=1S/C19H18OS3/c1-5-19(13-6-10(2)21-9-13)14-7-11(3)22-17(14)16(20)18-15(19)8-12(4)23-18/h6-9H,5H2,1-4H3. The van der Waals surface area contributed by atoms with Crippen molar-refractivity contribution in [2.75, 3.05) is 0 Å². The number of aryl methyl sites for hydroxylation is 3. The highest BCUT2D eigenvalue weighted by atomic mass is 32.1. The molecule has 3 aromatic rings. The van der Waals surface area contributed by atoms with Crippen molar-refractivity contribution in [1.29, 1.82) is 0 Å². The Hall–Kier alpha value is -1.23. The summed E-state index contributed by atoms with van der Waals surface area (Å²) < 4.78 is 0. The number of carbonyl (C=O) groups is 1. The minimum Gasteiger partial charge on any atom is -0.287 e. The maximum atomic E-state index is 13.0. The van der Waals surface area contributed by atoms with E-state index in [1.165, 1.54) is 31.3 Å². The molecule has 0 atom stereocenters. The predicted octanol–water partition coefficient (Wildman–Crippen LogP) is 6.09. The zero-order valence-corrected chi connectivity index (χ0v) is 16.1. The fraction of sp³-hybridized carbons (Fsp3) is 0.316. The third kappa shape index (κ3) is 1.98. The van der Waals surface area contributed by atoms with Gasteiger partial charge in [-0.3, -0.25) is 4.79 Å². The second-order valence-corrected chi connectivity index (χ2v) is 9.86. The number of thiophene rings is 3. The van der Waals surface area contributed by atoms with Crippen molar-refractivity contribution in [3.05, 3.63) is 64.7 Å². The van der Waals surface area contributed by atoms with Crippen LogP contribution < -0.4 is 0 Å². The van der Waals surface area contributed by atoms with Gasteiger partial charge in [0.05, 0.1) is 9.75 Å². The molecule has 1 aliphatic rings. The average Bonchev–Trinajstić information content (AvgIpc) is 3.20. The highest BCUT2D eigenvalue weighted by Crippen LogP contribution is 2.53. The second kappa shape index (κ2) is 5.13. The molecule has 0 spiro atoms. The van der Waals surface area contributed by atoms with E-state index in [0.29, 0.717) is 0 Å². The van der Waals surface area contributed by atoms with Crippen LogP contribution in [0, 0.1) is 20.8 Å². The van der Waals surface area contributed by atoms with E-state index in [9.17, 15) is 4.79 Å². The Balaban J connectivity index is 2.12. The van der Waals surface area contributed by atoms with Crippen molar-refractivity contribution in [3.63, 3.8) is 0 Å². The largest absolute Gasteiger partial charge is 0.287 e. The molecule has 4 rings (SSSR count). The molecule has 118 valence electrons. The Morgan fingerprint density at radius 1 is 0.913 bits per heavy atom. The first-order chi connectivity index (χ1) is 11.0. The maximum absolute atomic E-state index is 13.0. The molecule has 3 aromatic heterocycles. The topological polar surface area (TPSA) is 17.1 Å². The first-order valence-electron chi connectivity index (χ1n) is 7.79. The second-order valence-electron chi connectivity index (χ2n) is 6.23. The van der Waals surface area contributed by atoms with Gasteiger partial charge in [0.25, 0.3) is 0 Å². The normalized spacial score (nSPS) is 15.6. The van der Waals surface area contributed by atoms with E-state index in [-0.39, 0.29) is 11.2 Å². The monoisotopic (exact) mass is 358 g/mol. The van der Waals surface area contributed by atoms with Gasteiger partial charge in [0, 0.05) is 20.0 Å². The molecule has 0 aliphatic heterocycles. The first kappa shape index (κ1) is 15.3. The highest BCUT2D eigenvalue weighted by molar-refractivity contribution is 7.18. The lowest BCUT2D eigenvalue weighted by Crippen LogP contribution is -2.34. The summed E-state index contributed by atoms with van der Waals surface area (Å²) in [7, 11) is 0. The smallest absolute Gasteiger partial charge is 0.213 e. The molecule has 0 aromatic carbocycles. The molecule has 3 heterocycles. The predicted molar refractivity (Wildman–Crippen MR) is 101 cm³/mol. The average molecular weight is 359 g/mol. The lowest BCUT2D eigenvalue weighted by atomic mass is 9.65. The number of rotatable bonds is 2. The summed E-state index contributed by atoms with van der Waals surface area (Å²) in [5.74, 6) is 0.224. The molecule has 0 bridgehead atoms. The zero-order chi connectivity index (χ0) is 16.4. The maximum Gasteiger partial charge on any atom is 0.213 e. The van der Waals surface area contributed by atoms with E-state index in [4.69, 9.17) is 0 Å². The summed E-state index contributed by atoms with van der Waals surface area (Å²) >= 11 is 5.10. The summed E-state index contributed by atoms with van der Waals surface area (Å²) in [6.45, 7) is 8.62. The fourth-order valence-electron chi connectivity index (χ4n) is 3.81. The van der Waals surface area contributed by atoms with Gasteiger partial charge in [-0.15, -0.1) is 34.0 Å². The van der Waals surface area contributed by atoms with Crippen LogP contribution in [0.4, 0.5) is 0 Å². The Morgan fingerprint density at radius 3 is 1.91 bits per heavy atom. The fourth-order valence-corrected chi connectivity index (χ4v) is 6.73. The van der Waals surface area contributed by atoms with Crippen LogP contribution in [0.15, 0.2) is 23.6 Å². The van der Waals surface area contributed by atoms with E-state index in [2.05, 4.69) is 51.3 Å². The van der Waals surface area contributed by atoms with E-state index in [1.54, 1.807) is 34.0 Å². The van der Waals surface area contributed by atoms with E-state index >= 15 is 0 Å². The highest BCUT2D eigenvalue weighted by Gasteiger charge is 2.46. The van der Waals surface area contributed by atoms with Gasteiger partial charge in [0.1, 0.15) is 0 Å². The minimum atomic E-state index is -0.168. The third-order valence-electron chi connectivity index (χ3n) is 4.80. The molecule has 0 fully saturated rings. The van der Waals surface area contributed by atoms with Gasteiger partial charge in [-0.25, -0.2) is 0 Å². The molecule has 0 radical (unpaired) electrons. The molecule has 0 unspecified atom stereocenters. The Bertz CT molecular complexity index is 872. The summed E-state index contributed by atoms with van der Waals surface area (Å²) in [5, 5.41) is 2.28.